The van der Waals surface area contributed by atoms with E-state index in [-0.39, 0.29) is 0 Å². The third kappa shape index (κ3) is 2.58. The van der Waals surface area contributed by atoms with Crippen molar-refractivity contribution in [3.05, 3.63) is 40.4 Å². The molecule has 0 aliphatic carbocycles. The molecular weight excluding hydrogens is 264 g/mol. The maximum absolute atomic E-state index is 5.72. The van der Waals surface area contributed by atoms with Crippen LogP contribution in [0.15, 0.2) is 24.3 Å². The van der Waals surface area contributed by atoms with E-state index in [1.165, 1.54) is 16.9 Å². The molecule has 18 heavy (non-hydrogen) atoms. The van der Waals surface area contributed by atoms with Crippen LogP contribution in [0.2, 0.25) is 0 Å². The zero-order chi connectivity index (χ0) is 13.1. The van der Waals surface area contributed by atoms with Gasteiger partial charge in [-0.2, -0.15) is 0 Å². The predicted octanol–water partition coefficient (Wildman–Crippen LogP) is 2.90. The van der Waals surface area contributed by atoms with Crippen molar-refractivity contribution in [3.63, 3.8) is 0 Å². The van der Waals surface area contributed by atoms with E-state index in [1.54, 1.807) is 7.11 Å². The molecule has 0 atom stereocenters. The third-order valence-corrected chi connectivity index (χ3v) is 4.08. The largest absolute Gasteiger partial charge is 0.389 e. The number of aromatic nitrogens is 1. The predicted molar refractivity (Wildman–Crippen MR) is 78.9 cm³/mol. The van der Waals surface area contributed by atoms with Crippen LogP contribution in [-0.2, 0) is 11.3 Å². The minimum absolute atomic E-state index is 0.374. The number of nitrogens with two attached hydrogens (primary N) is 1. The molecule has 0 radical (unpaired) electrons. The van der Waals surface area contributed by atoms with Crippen molar-refractivity contribution in [3.8, 4) is 10.6 Å². The number of ether oxygens (including phenoxy) is 1. The molecule has 2 aromatic rings. The van der Waals surface area contributed by atoms with Gasteiger partial charge in [-0.15, -0.1) is 11.3 Å². The number of nitrogens with zero attached hydrogens (tertiary/aromatic N) is 1. The number of benzene rings is 1. The zero-order valence-electron chi connectivity index (χ0n) is 10.3. The normalized spacial score (nSPS) is 10.6. The second-order valence-corrected chi connectivity index (χ2v) is 5.35. The molecule has 1 heterocycles. The Labute approximate surface area is 116 Å². The first-order valence-electron chi connectivity index (χ1n) is 5.48. The fourth-order valence-electron chi connectivity index (χ4n) is 1.71. The lowest BCUT2D eigenvalue weighted by Gasteiger charge is -2.00. The number of hydrogen-bond acceptors (Lipinski definition) is 4. The Balaban J connectivity index is 2.50. The molecule has 3 nitrogen and oxygen atoms in total. The van der Waals surface area contributed by atoms with Crippen LogP contribution in [0.25, 0.3) is 10.6 Å². The van der Waals surface area contributed by atoms with E-state index in [1.807, 2.05) is 18.2 Å². The van der Waals surface area contributed by atoms with Crippen LogP contribution in [0.1, 0.15) is 16.1 Å². The number of methoxy groups -OCH3 is 1. The van der Waals surface area contributed by atoms with Crippen LogP contribution in [0.5, 0.6) is 0 Å². The first-order chi connectivity index (χ1) is 8.63. The molecule has 0 bridgehead atoms. The molecule has 5 heteroatoms. The van der Waals surface area contributed by atoms with Crippen LogP contribution in [0.3, 0.4) is 0 Å². The Morgan fingerprint density at radius 3 is 2.78 bits per heavy atom. The van der Waals surface area contributed by atoms with Crippen molar-refractivity contribution >= 4 is 28.5 Å². The van der Waals surface area contributed by atoms with Gasteiger partial charge in [0.05, 0.1) is 17.2 Å². The van der Waals surface area contributed by atoms with E-state index >= 15 is 0 Å². The van der Waals surface area contributed by atoms with Gasteiger partial charge in [0.2, 0.25) is 0 Å². The van der Waals surface area contributed by atoms with Crippen molar-refractivity contribution in [1.82, 2.24) is 4.98 Å². The summed E-state index contributed by atoms with van der Waals surface area (Å²) in [5, 5.41) is 0.933. The van der Waals surface area contributed by atoms with E-state index in [9.17, 15) is 0 Å². The van der Waals surface area contributed by atoms with E-state index < -0.39 is 0 Å². The van der Waals surface area contributed by atoms with Gasteiger partial charge >= 0.3 is 0 Å². The highest BCUT2D eigenvalue weighted by atomic mass is 32.1. The summed E-state index contributed by atoms with van der Waals surface area (Å²) in [7, 11) is 1.64. The molecule has 0 amide bonds. The first-order valence-corrected chi connectivity index (χ1v) is 6.70. The minimum Gasteiger partial charge on any atom is -0.389 e. The van der Waals surface area contributed by atoms with Crippen molar-refractivity contribution in [2.24, 2.45) is 5.73 Å². The molecule has 2 N–H and O–H groups in total. The van der Waals surface area contributed by atoms with Crippen molar-refractivity contribution < 1.29 is 4.74 Å². The Morgan fingerprint density at radius 1 is 1.44 bits per heavy atom. The second-order valence-electron chi connectivity index (χ2n) is 3.91. The molecule has 1 aromatic heterocycles. The molecular formula is C13H14N2OS2. The fourth-order valence-corrected chi connectivity index (χ4v) is 2.96. The van der Waals surface area contributed by atoms with Crippen molar-refractivity contribution in [2.45, 2.75) is 13.5 Å². The molecule has 0 saturated carbocycles. The van der Waals surface area contributed by atoms with Crippen LogP contribution in [-0.4, -0.2) is 17.1 Å². The summed E-state index contributed by atoms with van der Waals surface area (Å²) in [6.45, 7) is 2.49. The number of thiazole rings is 1. The SMILES string of the molecule is COCc1nc(-c2ccccc2C)sc1C(N)=S. The van der Waals surface area contributed by atoms with Gasteiger partial charge in [0.15, 0.2) is 0 Å². The van der Waals surface area contributed by atoms with E-state index in [0.717, 1.165) is 21.1 Å². The molecule has 0 saturated heterocycles. The summed E-state index contributed by atoms with van der Waals surface area (Å²) >= 11 is 6.57. The van der Waals surface area contributed by atoms with Gasteiger partial charge in [-0.05, 0) is 12.5 Å². The van der Waals surface area contributed by atoms with Crippen LogP contribution in [0, 0.1) is 6.92 Å². The molecule has 0 unspecified atom stereocenters. The standard InChI is InChI=1S/C13H14N2OS2/c1-8-5-3-4-6-9(8)13-15-10(7-16-2)11(18-13)12(14)17/h3-6H,7H2,1-2H3,(H2,14,17). The monoisotopic (exact) mass is 278 g/mol. The van der Waals surface area contributed by atoms with Gasteiger partial charge < -0.3 is 10.5 Å². The summed E-state index contributed by atoms with van der Waals surface area (Å²) < 4.78 is 5.13. The summed E-state index contributed by atoms with van der Waals surface area (Å²) in [5.41, 5.74) is 8.83. The van der Waals surface area contributed by atoms with Crippen LogP contribution >= 0.6 is 23.6 Å². The average molecular weight is 278 g/mol. The van der Waals surface area contributed by atoms with Gasteiger partial charge in [-0.1, -0.05) is 36.5 Å². The Kier molecular flexibility index (Phi) is 4.06. The Hall–Kier alpha value is -1.30. The number of aryl methyl sites for hydroxylation is 1. The minimum atomic E-state index is 0.374. The van der Waals surface area contributed by atoms with Gasteiger partial charge in [0, 0.05) is 12.7 Å². The molecule has 0 spiro atoms. The van der Waals surface area contributed by atoms with Crippen molar-refractivity contribution in [2.75, 3.05) is 7.11 Å². The van der Waals surface area contributed by atoms with Gasteiger partial charge in [-0.3, -0.25) is 0 Å². The Morgan fingerprint density at radius 2 is 2.17 bits per heavy atom. The van der Waals surface area contributed by atoms with Crippen LogP contribution < -0.4 is 5.73 Å². The number of rotatable bonds is 4. The number of hydrogen-bond donors (Lipinski definition) is 1. The summed E-state index contributed by atoms with van der Waals surface area (Å²) in [4.78, 5) is 5.79. The van der Waals surface area contributed by atoms with E-state index in [4.69, 9.17) is 22.7 Å². The maximum Gasteiger partial charge on any atom is 0.124 e. The van der Waals surface area contributed by atoms with Crippen molar-refractivity contribution in [1.29, 1.82) is 0 Å². The Bertz CT molecular complexity index is 578. The first kappa shape index (κ1) is 13.1. The van der Waals surface area contributed by atoms with E-state index in [0.29, 0.717) is 11.6 Å². The molecule has 0 aliphatic heterocycles. The average Bonchev–Trinajstić information content (AvgIpc) is 2.74. The lowest BCUT2D eigenvalue weighted by Crippen LogP contribution is -2.10. The summed E-state index contributed by atoms with van der Waals surface area (Å²) in [6, 6.07) is 8.12. The topological polar surface area (TPSA) is 48.1 Å². The van der Waals surface area contributed by atoms with Gasteiger partial charge in [0.25, 0.3) is 0 Å². The van der Waals surface area contributed by atoms with Crippen LogP contribution in [0.4, 0.5) is 0 Å². The molecule has 2 rings (SSSR count). The van der Waals surface area contributed by atoms with E-state index in [2.05, 4.69) is 18.0 Å². The fraction of sp³-hybridized carbons (Fsp3) is 0.231. The summed E-state index contributed by atoms with van der Waals surface area (Å²) in [6.07, 6.45) is 0. The smallest absolute Gasteiger partial charge is 0.124 e. The highest BCUT2D eigenvalue weighted by Crippen LogP contribution is 2.30. The molecule has 94 valence electrons. The zero-order valence-corrected chi connectivity index (χ0v) is 11.9. The lowest BCUT2D eigenvalue weighted by molar-refractivity contribution is 0.182. The lowest BCUT2D eigenvalue weighted by atomic mass is 10.1. The van der Waals surface area contributed by atoms with Gasteiger partial charge in [-0.25, -0.2) is 4.98 Å². The van der Waals surface area contributed by atoms with Gasteiger partial charge in [0.1, 0.15) is 10.00 Å². The third-order valence-electron chi connectivity index (χ3n) is 2.58. The quantitative estimate of drug-likeness (QED) is 0.874. The molecule has 1 aromatic carbocycles. The molecule has 0 fully saturated rings. The highest BCUT2D eigenvalue weighted by Gasteiger charge is 2.15. The second kappa shape index (κ2) is 5.56. The highest BCUT2D eigenvalue weighted by molar-refractivity contribution is 7.81. The number of thiocarbonyl (C=S) groups is 1. The molecule has 0 aliphatic rings. The summed E-state index contributed by atoms with van der Waals surface area (Å²) in [5.74, 6) is 0. The maximum atomic E-state index is 5.72.